The van der Waals surface area contributed by atoms with Gasteiger partial charge in [-0.05, 0) is 73.5 Å². The Hall–Kier alpha value is -0.500. The molecule has 110 valence electrons. The first-order valence-electron chi connectivity index (χ1n) is 7.97. The van der Waals surface area contributed by atoms with Crippen molar-refractivity contribution in [3.05, 3.63) is 29.8 Å². The maximum atomic E-state index is 5.23. The Morgan fingerprint density at radius 3 is 2.55 bits per heavy atom. The third-order valence-electron chi connectivity index (χ3n) is 5.42. The third-order valence-corrected chi connectivity index (χ3v) is 6.34. The molecule has 2 saturated carbocycles. The first-order valence-corrected chi connectivity index (χ1v) is 9.09. The number of alkyl halides is 1. The fourth-order valence-corrected chi connectivity index (χ4v) is 4.88. The van der Waals surface area contributed by atoms with Crippen molar-refractivity contribution in [1.82, 2.24) is 0 Å². The highest BCUT2D eigenvalue weighted by Crippen LogP contribution is 2.50. The summed E-state index contributed by atoms with van der Waals surface area (Å²) in [7, 11) is 1.73. The van der Waals surface area contributed by atoms with Gasteiger partial charge in [-0.25, -0.2) is 0 Å². The minimum atomic E-state index is 0.785. The molecule has 1 nitrogen and oxygen atoms in total. The van der Waals surface area contributed by atoms with Crippen LogP contribution in [0.15, 0.2) is 24.3 Å². The molecule has 0 spiro atoms. The number of fused-ring (bicyclic) bond motifs is 2. The van der Waals surface area contributed by atoms with E-state index in [0.29, 0.717) is 0 Å². The molecule has 4 atom stereocenters. The molecule has 0 aliphatic heterocycles. The van der Waals surface area contributed by atoms with Crippen molar-refractivity contribution >= 4 is 15.9 Å². The first kappa shape index (κ1) is 14.4. The summed E-state index contributed by atoms with van der Waals surface area (Å²) >= 11 is 3.74. The van der Waals surface area contributed by atoms with E-state index in [1.165, 1.54) is 44.1 Å². The molecule has 3 rings (SSSR count). The summed E-state index contributed by atoms with van der Waals surface area (Å²) in [6.07, 6.45) is 8.67. The average Bonchev–Trinajstić information content (AvgIpc) is 3.10. The molecule has 2 bridgehead atoms. The van der Waals surface area contributed by atoms with Crippen LogP contribution in [-0.4, -0.2) is 12.4 Å². The number of methoxy groups -OCH3 is 1. The van der Waals surface area contributed by atoms with Gasteiger partial charge in [0.15, 0.2) is 0 Å². The molecule has 0 N–H and O–H groups in total. The lowest BCUT2D eigenvalue weighted by atomic mass is 9.81. The van der Waals surface area contributed by atoms with E-state index in [0.717, 1.165) is 34.8 Å². The van der Waals surface area contributed by atoms with E-state index in [4.69, 9.17) is 4.74 Å². The Labute approximate surface area is 131 Å². The van der Waals surface area contributed by atoms with Crippen molar-refractivity contribution < 1.29 is 4.74 Å². The first-order chi connectivity index (χ1) is 9.78. The Kier molecular flexibility index (Phi) is 4.70. The number of ether oxygens (including phenoxy) is 1. The van der Waals surface area contributed by atoms with Gasteiger partial charge in [0, 0.05) is 5.33 Å². The highest BCUT2D eigenvalue weighted by molar-refractivity contribution is 9.09. The number of hydrogen-bond donors (Lipinski definition) is 0. The van der Waals surface area contributed by atoms with Crippen molar-refractivity contribution in [3.63, 3.8) is 0 Å². The summed E-state index contributed by atoms with van der Waals surface area (Å²) in [5.74, 6) is 4.87. The minimum Gasteiger partial charge on any atom is -0.497 e. The number of benzene rings is 1. The van der Waals surface area contributed by atoms with Gasteiger partial charge in [0.2, 0.25) is 0 Å². The molecule has 4 unspecified atom stereocenters. The van der Waals surface area contributed by atoms with Crippen molar-refractivity contribution in [2.24, 2.45) is 23.7 Å². The molecule has 0 saturated heterocycles. The van der Waals surface area contributed by atoms with Gasteiger partial charge in [0.05, 0.1) is 7.11 Å². The summed E-state index contributed by atoms with van der Waals surface area (Å²) in [6, 6.07) is 8.60. The molecule has 1 aromatic rings. The molecular weight excluding hydrogens is 312 g/mol. The largest absolute Gasteiger partial charge is 0.497 e. The van der Waals surface area contributed by atoms with Crippen LogP contribution in [0, 0.1) is 23.7 Å². The second-order valence-electron chi connectivity index (χ2n) is 6.74. The molecule has 2 fully saturated rings. The number of hydrogen-bond acceptors (Lipinski definition) is 1. The van der Waals surface area contributed by atoms with Gasteiger partial charge in [-0.1, -0.05) is 34.5 Å². The summed E-state index contributed by atoms with van der Waals surface area (Å²) < 4.78 is 5.23. The van der Waals surface area contributed by atoms with E-state index >= 15 is 0 Å². The predicted molar refractivity (Wildman–Crippen MR) is 87.5 cm³/mol. The number of rotatable bonds is 6. The van der Waals surface area contributed by atoms with Gasteiger partial charge in [0.25, 0.3) is 0 Å². The molecule has 2 heteroatoms. The maximum Gasteiger partial charge on any atom is 0.118 e. The summed E-state index contributed by atoms with van der Waals surface area (Å²) in [6.45, 7) is 0. The van der Waals surface area contributed by atoms with Gasteiger partial charge < -0.3 is 4.74 Å². The van der Waals surface area contributed by atoms with E-state index in [9.17, 15) is 0 Å². The topological polar surface area (TPSA) is 9.23 Å². The lowest BCUT2D eigenvalue weighted by molar-refractivity contribution is 0.277. The van der Waals surface area contributed by atoms with E-state index in [1.807, 2.05) is 0 Å². The van der Waals surface area contributed by atoms with Gasteiger partial charge in [-0.2, -0.15) is 0 Å². The Morgan fingerprint density at radius 2 is 2.00 bits per heavy atom. The van der Waals surface area contributed by atoms with E-state index in [-0.39, 0.29) is 0 Å². The molecule has 2 aliphatic carbocycles. The van der Waals surface area contributed by atoms with Gasteiger partial charge in [-0.3, -0.25) is 0 Å². The van der Waals surface area contributed by atoms with Crippen LogP contribution in [0.2, 0.25) is 0 Å². The van der Waals surface area contributed by atoms with Gasteiger partial charge in [-0.15, -0.1) is 0 Å². The smallest absolute Gasteiger partial charge is 0.118 e. The predicted octanol–water partition coefficient (Wildman–Crippen LogP) is 5.08. The maximum absolute atomic E-state index is 5.23. The zero-order valence-corrected chi connectivity index (χ0v) is 13.9. The highest BCUT2D eigenvalue weighted by Gasteiger charge is 2.39. The Bertz CT molecular complexity index is 428. The molecule has 0 radical (unpaired) electrons. The van der Waals surface area contributed by atoms with Crippen LogP contribution in [0.25, 0.3) is 0 Å². The molecule has 20 heavy (non-hydrogen) atoms. The second kappa shape index (κ2) is 6.51. The second-order valence-corrected chi connectivity index (χ2v) is 7.39. The highest BCUT2D eigenvalue weighted by atomic mass is 79.9. The van der Waals surface area contributed by atoms with E-state index < -0.39 is 0 Å². The molecular formula is C18H25BrO. The zero-order valence-electron chi connectivity index (χ0n) is 12.4. The van der Waals surface area contributed by atoms with Crippen LogP contribution in [0.3, 0.4) is 0 Å². The van der Waals surface area contributed by atoms with E-state index in [2.05, 4.69) is 40.2 Å². The zero-order chi connectivity index (χ0) is 13.9. The Morgan fingerprint density at radius 1 is 1.20 bits per heavy atom. The van der Waals surface area contributed by atoms with Crippen LogP contribution in [0.1, 0.15) is 37.7 Å². The average molecular weight is 337 g/mol. The van der Waals surface area contributed by atoms with Gasteiger partial charge >= 0.3 is 0 Å². The quantitative estimate of drug-likeness (QED) is 0.658. The molecule has 2 aliphatic rings. The minimum absolute atomic E-state index is 0.785. The molecule has 0 aromatic heterocycles. The molecule has 1 aromatic carbocycles. The summed E-state index contributed by atoms with van der Waals surface area (Å²) in [5.41, 5.74) is 1.44. The fourth-order valence-electron chi connectivity index (χ4n) is 4.39. The SMILES string of the molecule is COc1ccc(CC(CBr)CC2CC3CCC2C3)cc1. The fraction of sp³-hybridized carbons (Fsp3) is 0.667. The summed E-state index contributed by atoms with van der Waals surface area (Å²) in [4.78, 5) is 0. The lowest BCUT2D eigenvalue weighted by Crippen LogP contribution is -2.17. The van der Waals surface area contributed by atoms with Gasteiger partial charge in [0.1, 0.15) is 5.75 Å². The van der Waals surface area contributed by atoms with Crippen LogP contribution in [0.5, 0.6) is 5.75 Å². The standard InChI is InChI=1S/C18H25BrO/c1-20-18-6-3-13(4-7-18)8-15(12-19)11-17-10-14-2-5-16(17)9-14/h3-4,6-7,14-17H,2,5,8-12H2,1H3. The van der Waals surface area contributed by atoms with Crippen molar-refractivity contribution in [2.75, 3.05) is 12.4 Å². The lowest BCUT2D eigenvalue weighted by Gasteiger charge is -2.26. The monoisotopic (exact) mass is 336 g/mol. The van der Waals surface area contributed by atoms with Crippen molar-refractivity contribution in [3.8, 4) is 5.75 Å². The third kappa shape index (κ3) is 3.21. The Balaban J connectivity index is 1.56. The van der Waals surface area contributed by atoms with Crippen LogP contribution in [-0.2, 0) is 6.42 Å². The number of halogens is 1. The molecule has 0 amide bonds. The van der Waals surface area contributed by atoms with E-state index in [1.54, 1.807) is 7.11 Å². The van der Waals surface area contributed by atoms with Crippen LogP contribution < -0.4 is 4.74 Å². The summed E-state index contributed by atoms with van der Waals surface area (Å²) in [5, 5.41) is 1.13. The normalized spacial score (nSPS) is 29.6. The van der Waals surface area contributed by atoms with Crippen molar-refractivity contribution in [1.29, 1.82) is 0 Å². The van der Waals surface area contributed by atoms with Crippen LogP contribution in [0.4, 0.5) is 0 Å². The van der Waals surface area contributed by atoms with Crippen LogP contribution >= 0.6 is 15.9 Å². The van der Waals surface area contributed by atoms with Crippen molar-refractivity contribution in [2.45, 2.75) is 38.5 Å². The molecule has 0 heterocycles.